The Kier molecular flexibility index (Phi) is 6.13. The number of carbonyl (C=O) groups excluding carboxylic acids is 1. The summed E-state index contributed by atoms with van der Waals surface area (Å²) >= 11 is 1.26. The highest BCUT2D eigenvalue weighted by molar-refractivity contribution is 7.99. The van der Waals surface area contributed by atoms with E-state index in [1.54, 1.807) is 18.2 Å². The van der Waals surface area contributed by atoms with Gasteiger partial charge in [0.05, 0.1) is 22.6 Å². The van der Waals surface area contributed by atoms with Crippen molar-refractivity contribution in [1.29, 1.82) is 0 Å². The number of carbonyl (C=O) groups is 1. The summed E-state index contributed by atoms with van der Waals surface area (Å²) in [6, 6.07) is 15.2. The van der Waals surface area contributed by atoms with E-state index >= 15 is 0 Å². The summed E-state index contributed by atoms with van der Waals surface area (Å²) in [6.07, 6.45) is 0.430. The second kappa shape index (κ2) is 8.73. The lowest BCUT2D eigenvalue weighted by Gasteiger charge is -2.10. The number of aliphatic hydroxyl groups is 1. The van der Waals surface area contributed by atoms with Crippen LogP contribution in [0.2, 0.25) is 0 Å². The Balaban J connectivity index is 1.73. The molecule has 0 fully saturated rings. The zero-order valence-electron chi connectivity index (χ0n) is 15.0. The molecule has 0 radical (unpaired) electrons. The van der Waals surface area contributed by atoms with Crippen molar-refractivity contribution < 1.29 is 19.2 Å². The minimum atomic E-state index is -0.995. The highest BCUT2D eigenvalue weighted by Crippen LogP contribution is 2.35. The Labute approximate surface area is 165 Å². The van der Waals surface area contributed by atoms with Gasteiger partial charge < -0.3 is 14.8 Å². The average molecular weight is 398 g/mol. The number of benzene rings is 2. The topological polar surface area (TPSA) is 106 Å². The van der Waals surface area contributed by atoms with Crippen molar-refractivity contribution >= 4 is 23.4 Å². The third kappa shape index (κ3) is 4.79. The highest BCUT2D eigenvalue weighted by atomic mass is 32.2. The normalized spacial score (nSPS) is 11.8. The summed E-state index contributed by atoms with van der Waals surface area (Å²) in [5.41, 5.74) is 1.10. The maximum absolute atomic E-state index is 12.3. The second-order valence-corrected chi connectivity index (χ2v) is 7.21. The van der Waals surface area contributed by atoms with Crippen LogP contribution < -0.4 is 5.32 Å². The van der Waals surface area contributed by atoms with Gasteiger partial charge in [-0.15, -0.1) is 0 Å². The lowest BCUT2D eigenvalue weighted by molar-refractivity contribution is -0.387. The molecule has 0 spiro atoms. The van der Waals surface area contributed by atoms with E-state index in [0.717, 1.165) is 10.5 Å². The number of nitro benzene ring substituents is 1. The summed E-state index contributed by atoms with van der Waals surface area (Å²) in [4.78, 5) is 24.6. The van der Waals surface area contributed by atoms with Crippen LogP contribution in [0, 0.1) is 17.0 Å². The highest BCUT2D eigenvalue weighted by Gasteiger charge is 2.19. The molecule has 0 aliphatic heterocycles. The molecule has 0 bridgehead atoms. The standard InChI is InChI=1S/C20H18N2O5S/c1-13-4-7-15(8-5-13)28-19-9-6-14(11-16(19)22(25)26)20(24)21-12-17(23)18-3-2-10-27-18/h2-11,17,23H,12H2,1H3,(H,21,24). The van der Waals surface area contributed by atoms with Crippen molar-refractivity contribution in [3.05, 3.63) is 87.9 Å². The van der Waals surface area contributed by atoms with Crippen LogP contribution in [0.5, 0.6) is 0 Å². The van der Waals surface area contributed by atoms with E-state index in [2.05, 4.69) is 5.32 Å². The van der Waals surface area contributed by atoms with Gasteiger partial charge in [-0.3, -0.25) is 14.9 Å². The molecule has 2 aromatic carbocycles. The van der Waals surface area contributed by atoms with E-state index in [0.29, 0.717) is 10.7 Å². The number of rotatable bonds is 7. The van der Waals surface area contributed by atoms with Gasteiger partial charge in [-0.2, -0.15) is 0 Å². The van der Waals surface area contributed by atoms with Gasteiger partial charge in [-0.1, -0.05) is 29.5 Å². The molecule has 0 saturated heterocycles. The lowest BCUT2D eigenvalue weighted by Crippen LogP contribution is -2.28. The zero-order chi connectivity index (χ0) is 20.1. The molecule has 0 aliphatic rings. The van der Waals surface area contributed by atoms with Gasteiger partial charge >= 0.3 is 0 Å². The van der Waals surface area contributed by atoms with Gasteiger partial charge in [-0.25, -0.2) is 0 Å². The van der Waals surface area contributed by atoms with Crippen LogP contribution in [0.3, 0.4) is 0 Å². The van der Waals surface area contributed by atoms with Crippen molar-refractivity contribution in [2.45, 2.75) is 22.8 Å². The Hall–Kier alpha value is -3.10. The Morgan fingerprint density at radius 3 is 2.64 bits per heavy atom. The number of amides is 1. The van der Waals surface area contributed by atoms with Crippen LogP contribution in [0.4, 0.5) is 5.69 Å². The maximum atomic E-state index is 12.3. The Morgan fingerprint density at radius 2 is 2.00 bits per heavy atom. The number of nitrogens with zero attached hydrogens (tertiary/aromatic N) is 1. The number of furan rings is 1. The van der Waals surface area contributed by atoms with Crippen molar-refractivity contribution in [2.75, 3.05) is 6.54 Å². The maximum Gasteiger partial charge on any atom is 0.284 e. The number of hydrogen-bond acceptors (Lipinski definition) is 6. The molecule has 1 atom stereocenters. The molecule has 3 aromatic rings. The molecule has 1 aromatic heterocycles. The van der Waals surface area contributed by atoms with Crippen LogP contribution in [0.25, 0.3) is 0 Å². The van der Waals surface area contributed by atoms with Crippen molar-refractivity contribution in [3.63, 3.8) is 0 Å². The summed E-state index contributed by atoms with van der Waals surface area (Å²) in [7, 11) is 0. The number of aryl methyl sites for hydroxylation is 1. The number of hydrogen-bond donors (Lipinski definition) is 2. The van der Waals surface area contributed by atoms with Crippen LogP contribution in [-0.4, -0.2) is 22.5 Å². The van der Waals surface area contributed by atoms with E-state index in [4.69, 9.17) is 4.42 Å². The fourth-order valence-corrected chi connectivity index (χ4v) is 3.39. The molecule has 0 aliphatic carbocycles. The molecule has 7 nitrogen and oxygen atoms in total. The Morgan fingerprint density at radius 1 is 1.25 bits per heavy atom. The van der Waals surface area contributed by atoms with Gasteiger partial charge in [0, 0.05) is 16.5 Å². The second-order valence-electron chi connectivity index (χ2n) is 6.10. The lowest BCUT2D eigenvalue weighted by atomic mass is 10.2. The average Bonchev–Trinajstić information content (AvgIpc) is 3.22. The molecule has 1 unspecified atom stereocenters. The monoisotopic (exact) mass is 398 g/mol. The first kappa shape index (κ1) is 19.7. The van der Waals surface area contributed by atoms with E-state index in [-0.39, 0.29) is 17.8 Å². The SMILES string of the molecule is Cc1ccc(Sc2ccc(C(=O)NCC(O)c3ccco3)cc2[N+](=O)[O-])cc1. The fraction of sp³-hybridized carbons (Fsp3) is 0.150. The van der Waals surface area contributed by atoms with E-state index in [9.17, 15) is 20.0 Å². The molecule has 1 heterocycles. The molecule has 144 valence electrons. The van der Waals surface area contributed by atoms with Crippen molar-refractivity contribution in [2.24, 2.45) is 0 Å². The van der Waals surface area contributed by atoms with Crippen LogP contribution in [0.1, 0.15) is 27.8 Å². The number of nitrogens with one attached hydrogen (secondary N) is 1. The largest absolute Gasteiger partial charge is 0.467 e. The quantitative estimate of drug-likeness (QED) is 0.458. The smallest absolute Gasteiger partial charge is 0.284 e. The minimum absolute atomic E-state index is 0.0694. The van der Waals surface area contributed by atoms with Gasteiger partial charge in [0.1, 0.15) is 11.9 Å². The first-order valence-corrected chi connectivity index (χ1v) is 9.28. The molecule has 28 heavy (non-hydrogen) atoms. The third-order valence-electron chi connectivity index (χ3n) is 3.99. The molecular weight excluding hydrogens is 380 g/mol. The molecule has 0 saturated carbocycles. The van der Waals surface area contributed by atoms with Crippen molar-refractivity contribution in [3.8, 4) is 0 Å². The minimum Gasteiger partial charge on any atom is -0.467 e. The van der Waals surface area contributed by atoms with Gasteiger partial charge in [0.25, 0.3) is 11.6 Å². The van der Waals surface area contributed by atoms with Crippen molar-refractivity contribution in [1.82, 2.24) is 5.32 Å². The number of aliphatic hydroxyl groups excluding tert-OH is 1. The van der Waals surface area contributed by atoms with Gasteiger partial charge in [-0.05, 0) is 43.3 Å². The zero-order valence-corrected chi connectivity index (χ0v) is 15.8. The first-order chi connectivity index (χ1) is 13.4. The summed E-state index contributed by atoms with van der Waals surface area (Å²) < 4.78 is 5.07. The summed E-state index contributed by atoms with van der Waals surface area (Å²) in [5, 5.41) is 24.0. The summed E-state index contributed by atoms with van der Waals surface area (Å²) in [5.74, 6) is -0.184. The molecular formula is C20H18N2O5S. The molecule has 8 heteroatoms. The van der Waals surface area contributed by atoms with E-state index in [1.807, 2.05) is 31.2 Å². The predicted molar refractivity (Wildman–Crippen MR) is 104 cm³/mol. The van der Waals surface area contributed by atoms with Crippen LogP contribution >= 0.6 is 11.8 Å². The Bertz CT molecular complexity index is 971. The van der Waals surface area contributed by atoms with Gasteiger partial charge in [0.2, 0.25) is 0 Å². The predicted octanol–water partition coefficient (Wildman–Crippen LogP) is 4.11. The molecule has 1 amide bonds. The van der Waals surface area contributed by atoms with E-state index < -0.39 is 16.9 Å². The molecule has 3 rings (SSSR count). The van der Waals surface area contributed by atoms with E-state index in [1.165, 1.54) is 30.2 Å². The van der Waals surface area contributed by atoms with Crippen LogP contribution in [0.15, 0.2) is 75.1 Å². The number of nitro groups is 1. The van der Waals surface area contributed by atoms with Gasteiger partial charge in [0.15, 0.2) is 0 Å². The summed E-state index contributed by atoms with van der Waals surface area (Å²) in [6.45, 7) is 1.90. The fourth-order valence-electron chi connectivity index (χ4n) is 2.49. The first-order valence-electron chi connectivity index (χ1n) is 8.46. The third-order valence-corrected chi connectivity index (χ3v) is 5.07. The molecule has 2 N–H and O–H groups in total. The van der Waals surface area contributed by atoms with Crippen LogP contribution in [-0.2, 0) is 0 Å².